The van der Waals surface area contributed by atoms with E-state index in [1.54, 1.807) is 18.5 Å². The average Bonchev–Trinajstić information content (AvgIpc) is 3.21. The van der Waals surface area contributed by atoms with Crippen molar-refractivity contribution in [3.8, 4) is 0 Å². The van der Waals surface area contributed by atoms with Crippen molar-refractivity contribution in [2.75, 3.05) is 0 Å². The van der Waals surface area contributed by atoms with E-state index < -0.39 is 0 Å². The molecular weight excluding hydrogens is 328 g/mol. The maximum Gasteiger partial charge on any atom is 0.122 e. The molecule has 3 heterocycles. The second-order valence-corrected chi connectivity index (χ2v) is 6.10. The minimum Gasteiger partial charge on any atom is -0.384 e. The standard InChI is InChI=1S/C18H14N8/c19-18(20)9-1-2-10-13(5-9)24-16(23-10)8-17-25-14-6-11-12(7-15(14)26-17)22-4-3-21-11/h1-7H,8H2,(H3,19,20)(H,23,24)(H,25,26). The van der Waals surface area contributed by atoms with Gasteiger partial charge in [0.25, 0.3) is 0 Å². The first-order valence-corrected chi connectivity index (χ1v) is 8.08. The normalized spacial score (nSPS) is 11.5. The van der Waals surface area contributed by atoms with E-state index in [-0.39, 0.29) is 5.84 Å². The van der Waals surface area contributed by atoms with Crippen molar-refractivity contribution < 1.29 is 0 Å². The fraction of sp³-hybridized carbons (Fsp3) is 0.0556. The van der Waals surface area contributed by atoms with Gasteiger partial charge in [0.15, 0.2) is 0 Å². The highest BCUT2D eigenvalue weighted by atomic mass is 15.0. The van der Waals surface area contributed by atoms with Crippen LogP contribution in [-0.2, 0) is 6.42 Å². The van der Waals surface area contributed by atoms with Gasteiger partial charge in [-0.25, -0.2) is 9.97 Å². The minimum atomic E-state index is 0.0367. The maximum atomic E-state index is 7.54. The number of H-pyrrole nitrogens is 2. The van der Waals surface area contributed by atoms with Crippen molar-refractivity contribution in [2.24, 2.45) is 5.73 Å². The van der Waals surface area contributed by atoms with Gasteiger partial charge in [-0.3, -0.25) is 15.4 Å². The van der Waals surface area contributed by atoms with Crippen LogP contribution in [0.15, 0.2) is 42.7 Å². The molecule has 0 aliphatic heterocycles. The lowest BCUT2D eigenvalue weighted by Gasteiger charge is -1.96. The highest BCUT2D eigenvalue weighted by Gasteiger charge is 2.10. The molecule has 5 aromatic rings. The topological polar surface area (TPSA) is 133 Å². The number of aromatic nitrogens is 6. The van der Waals surface area contributed by atoms with Gasteiger partial charge in [0, 0.05) is 18.0 Å². The van der Waals surface area contributed by atoms with Crippen molar-refractivity contribution in [1.29, 1.82) is 5.41 Å². The Morgan fingerprint density at radius 1 is 0.846 bits per heavy atom. The molecule has 0 aliphatic rings. The zero-order chi connectivity index (χ0) is 17.7. The largest absolute Gasteiger partial charge is 0.384 e. The van der Waals surface area contributed by atoms with Gasteiger partial charge < -0.3 is 15.7 Å². The lowest BCUT2D eigenvalue weighted by Crippen LogP contribution is -2.10. The summed E-state index contributed by atoms with van der Waals surface area (Å²) in [6.45, 7) is 0. The van der Waals surface area contributed by atoms with Crippen molar-refractivity contribution >= 4 is 38.9 Å². The third-order valence-electron chi connectivity index (χ3n) is 4.30. The number of aromatic amines is 2. The Bertz CT molecular complexity index is 1240. The molecule has 0 spiro atoms. The zero-order valence-corrected chi connectivity index (χ0v) is 13.6. The van der Waals surface area contributed by atoms with E-state index in [2.05, 4.69) is 29.9 Å². The predicted octanol–water partition coefficient (Wildman–Crippen LogP) is 2.26. The summed E-state index contributed by atoms with van der Waals surface area (Å²) in [4.78, 5) is 24.4. The number of nitrogens with two attached hydrogens (primary N) is 1. The second-order valence-electron chi connectivity index (χ2n) is 6.10. The van der Waals surface area contributed by atoms with E-state index in [1.807, 2.05) is 24.3 Å². The predicted molar refractivity (Wildman–Crippen MR) is 99.1 cm³/mol. The Morgan fingerprint density at radius 3 is 2.23 bits per heavy atom. The minimum absolute atomic E-state index is 0.0367. The Labute approximate surface area is 147 Å². The van der Waals surface area contributed by atoms with Crippen LogP contribution in [0.5, 0.6) is 0 Å². The molecule has 0 bridgehead atoms. The first-order chi connectivity index (χ1) is 12.7. The first-order valence-electron chi connectivity index (χ1n) is 8.08. The van der Waals surface area contributed by atoms with Crippen LogP contribution in [0.2, 0.25) is 0 Å². The summed E-state index contributed by atoms with van der Waals surface area (Å²) in [7, 11) is 0. The van der Waals surface area contributed by atoms with Crippen LogP contribution < -0.4 is 5.73 Å². The molecule has 0 saturated carbocycles. The summed E-state index contributed by atoms with van der Waals surface area (Å²) in [6, 6.07) is 9.36. The van der Waals surface area contributed by atoms with Gasteiger partial charge in [0.1, 0.15) is 17.5 Å². The number of hydrogen-bond donors (Lipinski definition) is 4. The van der Waals surface area contributed by atoms with Crippen LogP contribution in [0.25, 0.3) is 33.1 Å². The third-order valence-corrected chi connectivity index (χ3v) is 4.30. The molecule has 0 unspecified atom stereocenters. The molecule has 8 heteroatoms. The van der Waals surface area contributed by atoms with Crippen LogP contribution in [-0.4, -0.2) is 35.7 Å². The summed E-state index contributed by atoms with van der Waals surface area (Å²) < 4.78 is 0. The lowest BCUT2D eigenvalue weighted by molar-refractivity contribution is 0.960. The fourth-order valence-electron chi connectivity index (χ4n) is 3.08. The molecule has 5 N–H and O–H groups in total. The summed E-state index contributed by atoms with van der Waals surface area (Å²) in [5.74, 6) is 1.64. The van der Waals surface area contributed by atoms with E-state index in [9.17, 15) is 0 Å². The Balaban J connectivity index is 1.53. The highest BCUT2D eigenvalue weighted by molar-refractivity contribution is 5.98. The van der Waals surface area contributed by atoms with E-state index in [0.29, 0.717) is 12.0 Å². The number of nitrogens with one attached hydrogen (secondary N) is 3. The summed E-state index contributed by atoms with van der Waals surface area (Å²) in [5.41, 5.74) is 11.3. The smallest absolute Gasteiger partial charge is 0.122 e. The van der Waals surface area contributed by atoms with Gasteiger partial charge >= 0.3 is 0 Å². The van der Waals surface area contributed by atoms with Gasteiger partial charge in [-0.1, -0.05) is 0 Å². The number of imidazole rings is 2. The molecule has 0 amide bonds. The van der Waals surface area contributed by atoms with Crippen molar-refractivity contribution in [2.45, 2.75) is 6.42 Å². The molecular formula is C18H14N8. The van der Waals surface area contributed by atoms with Crippen molar-refractivity contribution in [3.63, 3.8) is 0 Å². The maximum absolute atomic E-state index is 7.54. The molecule has 0 saturated heterocycles. The molecule has 0 atom stereocenters. The molecule has 5 rings (SSSR count). The van der Waals surface area contributed by atoms with Crippen LogP contribution in [0.4, 0.5) is 0 Å². The van der Waals surface area contributed by atoms with Crippen LogP contribution in [0.1, 0.15) is 17.2 Å². The zero-order valence-electron chi connectivity index (χ0n) is 13.6. The highest BCUT2D eigenvalue weighted by Crippen LogP contribution is 2.20. The Hall–Kier alpha value is -3.81. The van der Waals surface area contributed by atoms with Gasteiger partial charge in [0.2, 0.25) is 0 Å². The summed E-state index contributed by atoms with van der Waals surface area (Å²) >= 11 is 0. The van der Waals surface area contributed by atoms with Crippen molar-refractivity contribution in [3.05, 3.63) is 59.9 Å². The Kier molecular flexibility index (Phi) is 2.99. The van der Waals surface area contributed by atoms with Gasteiger partial charge in [-0.15, -0.1) is 0 Å². The number of benzene rings is 2. The average molecular weight is 342 g/mol. The monoisotopic (exact) mass is 342 g/mol. The summed E-state index contributed by atoms with van der Waals surface area (Å²) in [5, 5.41) is 7.54. The first kappa shape index (κ1) is 14.5. The lowest BCUT2D eigenvalue weighted by atomic mass is 10.2. The van der Waals surface area contributed by atoms with Crippen LogP contribution in [0.3, 0.4) is 0 Å². The molecule has 2 aromatic carbocycles. The number of nitrogen functional groups attached to an aromatic ring is 1. The molecule has 8 nitrogen and oxygen atoms in total. The van der Waals surface area contributed by atoms with Crippen LogP contribution in [0, 0.1) is 5.41 Å². The SMILES string of the molecule is N=C(N)c1ccc2nc(Cc3nc4cc5nccnc5cc4[nH]3)[nH]c2c1. The fourth-order valence-corrected chi connectivity index (χ4v) is 3.08. The number of amidine groups is 1. The quantitative estimate of drug-likeness (QED) is 0.295. The van der Waals surface area contributed by atoms with Crippen LogP contribution >= 0.6 is 0 Å². The van der Waals surface area contributed by atoms with Gasteiger partial charge in [-0.2, -0.15) is 0 Å². The third kappa shape index (κ3) is 2.35. The van der Waals surface area contributed by atoms with Gasteiger partial charge in [-0.05, 0) is 30.3 Å². The van der Waals surface area contributed by atoms with E-state index in [1.165, 1.54) is 0 Å². The second kappa shape index (κ2) is 5.35. The molecule has 0 aliphatic carbocycles. The number of nitrogens with zero attached hydrogens (tertiary/aromatic N) is 4. The molecule has 3 aromatic heterocycles. The Morgan fingerprint density at radius 2 is 1.50 bits per heavy atom. The molecule has 0 fully saturated rings. The van der Waals surface area contributed by atoms with Crippen molar-refractivity contribution in [1.82, 2.24) is 29.9 Å². The molecule has 126 valence electrons. The summed E-state index contributed by atoms with van der Waals surface area (Å²) in [6.07, 6.45) is 3.89. The van der Waals surface area contributed by atoms with Gasteiger partial charge in [0.05, 0.1) is 39.5 Å². The number of rotatable bonds is 3. The van der Waals surface area contributed by atoms with E-state index >= 15 is 0 Å². The molecule has 26 heavy (non-hydrogen) atoms. The number of hydrogen-bond acceptors (Lipinski definition) is 5. The van der Waals surface area contributed by atoms with E-state index in [0.717, 1.165) is 44.7 Å². The van der Waals surface area contributed by atoms with E-state index in [4.69, 9.17) is 11.1 Å². The number of fused-ring (bicyclic) bond motifs is 3. The molecule has 0 radical (unpaired) electrons.